The molecule has 0 aliphatic heterocycles. The Balaban J connectivity index is 2.37. The number of hydrogen-bond acceptors (Lipinski definition) is 2. The van der Waals surface area contributed by atoms with Crippen molar-refractivity contribution in [1.82, 2.24) is 0 Å². The molecule has 3 aromatic rings. The molecule has 4 rings (SSSR count). The Labute approximate surface area is 104 Å². The van der Waals surface area contributed by atoms with Crippen LogP contribution in [0.4, 0.5) is 0 Å². The molecule has 0 atom stereocenters. The summed E-state index contributed by atoms with van der Waals surface area (Å²) in [6, 6.07) is 14.1. The van der Waals surface area contributed by atoms with Gasteiger partial charge in [-0.2, -0.15) is 0 Å². The molecule has 0 saturated carbocycles. The van der Waals surface area contributed by atoms with E-state index in [9.17, 15) is 10.2 Å². The van der Waals surface area contributed by atoms with Crippen LogP contribution in [-0.2, 0) is 5.79 Å². The van der Waals surface area contributed by atoms with E-state index in [1.54, 1.807) is 0 Å². The summed E-state index contributed by atoms with van der Waals surface area (Å²) in [7, 11) is 0. The number of aliphatic hydroxyl groups is 2. The smallest absolute Gasteiger partial charge is 0.193 e. The van der Waals surface area contributed by atoms with Crippen molar-refractivity contribution in [2.75, 3.05) is 0 Å². The minimum Gasteiger partial charge on any atom is -0.362 e. The van der Waals surface area contributed by atoms with E-state index in [4.69, 9.17) is 0 Å². The Kier molecular flexibility index (Phi) is 1.74. The summed E-state index contributed by atoms with van der Waals surface area (Å²) < 4.78 is 0. The van der Waals surface area contributed by atoms with E-state index in [2.05, 4.69) is 24.3 Å². The fourth-order valence-electron chi connectivity index (χ4n) is 2.98. The van der Waals surface area contributed by atoms with E-state index in [0.29, 0.717) is 5.56 Å². The first kappa shape index (κ1) is 10.1. The molecule has 0 unspecified atom stereocenters. The third kappa shape index (κ3) is 1.14. The Bertz CT molecular complexity index is 815. The number of hydrogen-bond donors (Lipinski definition) is 2. The summed E-state index contributed by atoms with van der Waals surface area (Å²) in [5.41, 5.74) is 0.615. The van der Waals surface area contributed by atoms with Gasteiger partial charge < -0.3 is 10.2 Å². The van der Waals surface area contributed by atoms with Gasteiger partial charge in [0.1, 0.15) is 0 Å². The average Bonchev–Trinajstić information content (AvgIpc) is 2.38. The zero-order chi connectivity index (χ0) is 12.3. The lowest BCUT2D eigenvalue weighted by molar-refractivity contribution is -0.163. The van der Waals surface area contributed by atoms with Gasteiger partial charge in [-0.1, -0.05) is 48.5 Å². The molecule has 2 N–H and O–H groups in total. The van der Waals surface area contributed by atoms with Crippen molar-refractivity contribution in [3.8, 4) is 0 Å². The SMILES string of the molecule is OC1(O)CC=c2ccc3cccc4ccc1c2c43. The summed E-state index contributed by atoms with van der Waals surface area (Å²) >= 11 is 0. The second kappa shape index (κ2) is 3.10. The Morgan fingerprint density at radius 3 is 2.33 bits per heavy atom. The lowest BCUT2D eigenvalue weighted by atomic mass is 9.87. The van der Waals surface area contributed by atoms with Gasteiger partial charge in [0.15, 0.2) is 5.79 Å². The highest BCUT2D eigenvalue weighted by Gasteiger charge is 2.30. The van der Waals surface area contributed by atoms with Gasteiger partial charge in [0.25, 0.3) is 0 Å². The quantitative estimate of drug-likeness (QED) is 0.586. The molecule has 2 nitrogen and oxygen atoms in total. The molecular formula is C16H12O2. The molecule has 0 saturated heterocycles. The molecule has 1 aliphatic rings. The number of benzene rings is 3. The van der Waals surface area contributed by atoms with Crippen molar-refractivity contribution in [3.05, 3.63) is 53.2 Å². The lowest BCUT2D eigenvalue weighted by Crippen LogP contribution is -2.30. The summed E-state index contributed by atoms with van der Waals surface area (Å²) in [5, 5.41) is 25.7. The Morgan fingerprint density at radius 2 is 1.56 bits per heavy atom. The molecule has 2 heteroatoms. The molecule has 3 aromatic carbocycles. The van der Waals surface area contributed by atoms with Gasteiger partial charge in [-0.25, -0.2) is 0 Å². The predicted molar refractivity (Wildman–Crippen MR) is 71.9 cm³/mol. The topological polar surface area (TPSA) is 40.5 Å². The predicted octanol–water partition coefficient (Wildman–Crippen LogP) is 2.03. The maximum Gasteiger partial charge on any atom is 0.193 e. The highest BCUT2D eigenvalue weighted by Crippen LogP contribution is 2.35. The van der Waals surface area contributed by atoms with E-state index in [0.717, 1.165) is 26.8 Å². The molecule has 1 aliphatic carbocycles. The molecule has 0 bridgehead atoms. The molecule has 0 spiro atoms. The van der Waals surface area contributed by atoms with Crippen LogP contribution in [0.3, 0.4) is 0 Å². The number of rotatable bonds is 0. The van der Waals surface area contributed by atoms with Crippen molar-refractivity contribution in [2.24, 2.45) is 0 Å². The van der Waals surface area contributed by atoms with Crippen LogP contribution >= 0.6 is 0 Å². The van der Waals surface area contributed by atoms with Gasteiger partial charge >= 0.3 is 0 Å². The Morgan fingerprint density at radius 1 is 0.833 bits per heavy atom. The molecular weight excluding hydrogens is 224 g/mol. The first-order valence-electron chi connectivity index (χ1n) is 6.06. The van der Waals surface area contributed by atoms with E-state index in [-0.39, 0.29) is 6.42 Å². The van der Waals surface area contributed by atoms with Crippen LogP contribution in [-0.4, -0.2) is 10.2 Å². The van der Waals surface area contributed by atoms with Crippen molar-refractivity contribution < 1.29 is 10.2 Å². The summed E-state index contributed by atoms with van der Waals surface area (Å²) in [5.74, 6) is -1.74. The third-order valence-electron chi connectivity index (χ3n) is 3.85. The maximum atomic E-state index is 10.1. The first-order chi connectivity index (χ1) is 8.67. The zero-order valence-corrected chi connectivity index (χ0v) is 9.72. The molecule has 0 heterocycles. The highest BCUT2D eigenvalue weighted by atomic mass is 16.5. The van der Waals surface area contributed by atoms with Gasteiger partial charge in [0.2, 0.25) is 0 Å². The van der Waals surface area contributed by atoms with Gasteiger partial charge in [-0.15, -0.1) is 0 Å². The van der Waals surface area contributed by atoms with Crippen molar-refractivity contribution in [1.29, 1.82) is 0 Å². The summed E-state index contributed by atoms with van der Waals surface area (Å²) in [6.45, 7) is 0. The van der Waals surface area contributed by atoms with Crippen LogP contribution in [0.15, 0.2) is 42.5 Å². The van der Waals surface area contributed by atoms with Crippen LogP contribution in [0.5, 0.6) is 0 Å². The molecule has 0 aromatic heterocycles. The van der Waals surface area contributed by atoms with Gasteiger partial charge in [-0.05, 0) is 26.8 Å². The van der Waals surface area contributed by atoms with Gasteiger partial charge in [0, 0.05) is 12.0 Å². The van der Waals surface area contributed by atoms with Crippen molar-refractivity contribution >= 4 is 27.6 Å². The zero-order valence-electron chi connectivity index (χ0n) is 9.72. The molecule has 18 heavy (non-hydrogen) atoms. The highest BCUT2D eigenvalue weighted by molar-refractivity contribution is 6.11. The van der Waals surface area contributed by atoms with Crippen LogP contribution in [0.25, 0.3) is 27.6 Å². The van der Waals surface area contributed by atoms with Crippen molar-refractivity contribution in [3.63, 3.8) is 0 Å². The standard InChI is InChI=1S/C16H12O2/c17-16(18)9-8-12-5-4-10-2-1-3-11-6-7-13(16)15(12)14(10)11/h1-8,17-18H,9H2. The first-order valence-corrected chi connectivity index (χ1v) is 6.06. The average molecular weight is 236 g/mol. The fraction of sp³-hybridized carbons (Fsp3) is 0.125. The largest absolute Gasteiger partial charge is 0.362 e. The minimum atomic E-state index is -1.74. The minimum absolute atomic E-state index is 0.243. The van der Waals surface area contributed by atoms with Crippen LogP contribution in [0.2, 0.25) is 0 Å². The summed E-state index contributed by atoms with van der Waals surface area (Å²) in [6.07, 6.45) is 2.14. The second-order valence-corrected chi connectivity index (χ2v) is 4.95. The van der Waals surface area contributed by atoms with Gasteiger partial charge in [-0.3, -0.25) is 0 Å². The van der Waals surface area contributed by atoms with Gasteiger partial charge in [0.05, 0.1) is 0 Å². The molecule has 0 radical (unpaired) electrons. The van der Waals surface area contributed by atoms with E-state index >= 15 is 0 Å². The van der Waals surface area contributed by atoms with Crippen LogP contribution < -0.4 is 5.22 Å². The van der Waals surface area contributed by atoms with Crippen molar-refractivity contribution in [2.45, 2.75) is 12.2 Å². The van der Waals surface area contributed by atoms with Crippen LogP contribution in [0, 0.1) is 0 Å². The Hall–Kier alpha value is -1.90. The third-order valence-corrected chi connectivity index (χ3v) is 3.85. The normalized spacial score (nSPS) is 17.0. The maximum absolute atomic E-state index is 10.1. The summed E-state index contributed by atoms with van der Waals surface area (Å²) in [4.78, 5) is 0. The second-order valence-electron chi connectivity index (χ2n) is 4.95. The van der Waals surface area contributed by atoms with E-state index in [1.807, 2.05) is 24.3 Å². The molecule has 0 amide bonds. The van der Waals surface area contributed by atoms with E-state index in [1.165, 1.54) is 0 Å². The lowest BCUT2D eigenvalue weighted by Gasteiger charge is -2.26. The molecule has 0 fully saturated rings. The molecule has 88 valence electrons. The van der Waals surface area contributed by atoms with E-state index < -0.39 is 5.79 Å². The monoisotopic (exact) mass is 236 g/mol. The van der Waals surface area contributed by atoms with Crippen LogP contribution in [0.1, 0.15) is 12.0 Å². The fourth-order valence-corrected chi connectivity index (χ4v) is 2.98.